The van der Waals surface area contributed by atoms with Crippen LogP contribution in [0, 0.1) is 0 Å². The number of aliphatic hydroxyl groups excluding tert-OH is 1. The normalized spacial score (nSPS) is 29.1. The molecule has 1 unspecified atom stereocenters. The third kappa shape index (κ3) is 4.91. The van der Waals surface area contributed by atoms with Crippen molar-refractivity contribution in [3.8, 4) is 0 Å². The van der Waals surface area contributed by atoms with Gasteiger partial charge < -0.3 is 25.1 Å². The molecule has 11 heteroatoms. The number of nitrogen functional groups attached to an aromatic ring is 1. The van der Waals surface area contributed by atoms with Crippen LogP contribution < -0.4 is 11.4 Å². The zero-order valence-electron chi connectivity index (χ0n) is 15.6. The van der Waals surface area contributed by atoms with Crippen molar-refractivity contribution in [3.63, 3.8) is 0 Å². The van der Waals surface area contributed by atoms with Crippen LogP contribution in [0.25, 0.3) is 0 Å². The smallest absolute Gasteiger partial charge is 0.431 e. The van der Waals surface area contributed by atoms with Gasteiger partial charge in [-0.05, 0) is 37.8 Å². The highest BCUT2D eigenvalue weighted by Crippen LogP contribution is 2.42. The first kappa shape index (κ1) is 21.2. The van der Waals surface area contributed by atoms with E-state index in [1.165, 1.54) is 0 Å². The number of carbonyl (C=O) groups excluding carboxylic acids is 1. The second kappa shape index (κ2) is 8.87. The first-order valence-corrected chi connectivity index (χ1v) is 9.35. The first-order valence-electron chi connectivity index (χ1n) is 9.35. The van der Waals surface area contributed by atoms with Crippen LogP contribution in [0.1, 0.15) is 38.3 Å². The van der Waals surface area contributed by atoms with Crippen molar-refractivity contribution >= 4 is 12.0 Å². The van der Waals surface area contributed by atoms with Crippen LogP contribution >= 0.6 is 0 Å². The molecular weight excluding hydrogens is 392 g/mol. The summed E-state index contributed by atoms with van der Waals surface area (Å²) in [6.45, 7) is -0.667. The lowest BCUT2D eigenvalue weighted by Gasteiger charge is -2.20. The summed E-state index contributed by atoms with van der Waals surface area (Å²) in [5.74, 6) is -3.96. The Bertz CT molecular complexity index is 815. The lowest BCUT2D eigenvalue weighted by atomic mass is 10.0. The molecule has 1 aliphatic carbocycles. The molecule has 0 spiro atoms. The summed E-state index contributed by atoms with van der Waals surface area (Å²) < 4.78 is 44.5. The molecule has 1 aromatic heterocycles. The molecule has 1 aliphatic heterocycles. The standard InChI is InChI=1S/C18H23F2N3O6/c19-18(20)14(24)12(29-15(18)23-9-8-13(21)22-16(23)25)10-27-17(26)28-11-6-4-2-1-3-5-7-11/h4,6,8-9,11-12,14-15,24H,1-3,5,7,10H2,(H2,21,22,25)/t11?,12-,14+,15-/m1/s1. The van der Waals surface area contributed by atoms with Crippen molar-refractivity contribution < 1.29 is 32.9 Å². The van der Waals surface area contributed by atoms with Gasteiger partial charge in [-0.1, -0.05) is 12.5 Å². The Hall–Kier alpha value is -2.53. The third-order valence-corrected chi connectivity index (χ3v) is 4.81. The molecule has 1 fully saturated rings. The SMILES string of the molecule is Nc1ccn([C@@H]2O[C@H](COC(=O)OC3C=CCCCCC3)[C@H](O)C2(F)F)c(=O)n1. The number of allylic oxidation sites excluding steroid dienone is 1. The Kier molecular flexibility index (Phi) is 6.48. The van der Waals surface area contributed by atoms with Gasteiger partial charge in [0.25, 0.3) is 0 Å². The minimum absolute atomic E-state index is 0.140. The average molecular weight is 415 g/mol. The fourth-order valence-electron chi connectivity index (χ4n) is 3.25. The molecular formula is C18H23F2N3O6. The summed E-state index contributed by atoms with van der Waals surface area (Å²) in [5, 5.41) is 9.92. The summed E-state index contributed by atoms with van der Waals surface area (Å²) in [6, 6.07) is 1.15. The van der Waals surface area contributed by atoms with Crippen molar-refractivity contribution in [1.82, 2.24) is 9.55 Å². The second-order valence-electron chi connectivity index (χ2n) is 6.97. The summed E-state index contributed by atoms with van der Waals surface area (Å²) in [4.78, 5) is 27.1. The Labute approximate surface area is 165 Å². The van der Waals surface area contributed by atoms with Crippen molar-refractivity contribution in [2.24, 2.45) is 0 Å². The molecule has 3 rings (SSSR count). The minimum Gasteiger partial charge on any atom is -0.431 e. The van der Waals surface area contributed by atoms with E-state index in [0.717, 1.165) is 37.9 Å². The van der Waals surface area contributed by atoms with E-state index in [9.17, 15) is 23.5 Å². The largest absolute Gasteiger partial charge is 0.508 e. The lowest BCUT2D eigenvalue weighted by Crippen LogP contribution is -2.42. The second-order valence-corrected chi connectivity index (χ2v) is 6.97. The van der Waals surface area contributed by atoms with Crippen LogP contribution in [0.2, 0.25) is 0 Å². The summed E-state index contributed by atoms with van der Waals surface area (Å²) in [7, 11) is 0. The fraction of sp³-hybridized carbons (Fsp3) is 0.611. The molecule has 0 saturated carbocycles. The first-order chi connectivity index (χ1) is 13.8. The van der Waals surface area contributed by atoms with Crippen molar-refractivity contribution in [2.45, 2.75) is 62.6 Å². The van der Waals surface area contributed by atoms with E-state index < -0.39 is 48.9 Å². The van der Waals surface area contributed by atoms with E-state index in [1.54, 1.807) is 6.08 Å². The van der Waals surface area contributed by atoms with E-state index in [2.05, 4.69) is 4.98 Å². The molecule has 160 valence electrons. The highest BCUT2D eigenvalue weighted by Gasteiger charge is 2.60. The predicted octanol–water partition coefficient (Wildman–Crippen LogP) is 1.76. The van der Waals surface area contributed by atoms with Gasteiger partial charge in [-0.3, -0.25) is 4.57 Å². The van der Waals surface area contributed by atoms with Crippen molar-refractivity contribution in [2.75, 3.05) is 12.3 Å². The van der Waals surface area contributed by atoms with Crippen LogP contribution in [0.3, 0.4) is 0 Å². The number of nitrogens with two attached hydrogens (primary N) is 1. The maximum absolute atomic E-state index is 14.4. The number of aliphatic hydroxyl groups is 1. The number of aromatic nitrogens is 2. The van der Waals surface area contributed by atoms with Crippen molar-refractivity contribution in [3.05, 3.63) is 34.9 Å². The number of anilines is 1. The third-order valence-electron chi connectivity index (χ3n) is 4.81. The molecule has 2 aliphatic rings. The van der Waals surface area contributed by atoms with Crippen LogP contribution in [-0.4, -0.2) is 51.7 Å². The number of rotatable bonds is 4. The van der Waals surface area contributed by atoms with Gasteiger partial charge in [-0.2, -0.15) is 13.8 Å². The number of alkyl halides is 2. The topological polar surface area (TPSA) is 126 Å². The Balaban J connectivity index is 1.60. The van der Waals surface area contributed by atoms with E-state index >= 15 is 0 Å². The maximum Gasteiger partial charge on any atom is 0.508 e. The summed E-state index contributed by atoms with van der Waals surface area (Å²) >= 11 is 0. The molecule has 0 amide bonds. The zero-order chi connectivity index (χ0) is 21.0. The van der Waals surface area contributed by atoms with Crippen LogP contribution in [-0.2, 0) is 14.2 Å². The minimum atomic E-state index is -3.82. The molecule has 2 heterocycles. The van der Waals surface area contributed by atoms with Crippen LogP contribution in [0.15, 0.2) is 29.2 Å². The number of ether oxygens (including phenoxy) is 3. The molecule has 29 heavy (non-hydrogen) atoms. The molecule has 1 aromatic rings. The molecule has 0 radical (unpaired) electrons. The van der Waals surface area contributed by atoms with Crippen molar-refractivity contribution in [1.29, 1.82) is 0 Å². The predicted molar refractivity (Wildman–Crippen MR) is 96.2 cm³/mol. The quantitative estimate of drug-likeness (QED) is 0.563. The van der Waals surface area contributed by atoms with Gasteiger partial charge in [-0.15, -0.1) is 0 Å². The number of carbonyl (C=O) groups is 1. The van der Waals surface area contributed by atoms with E-state index in [0.29, 0.717) is 11.0 Å². The summed E-state index contributed by atoms with van der Waals surface area (Å²) in [6.07, 6.45) is 1.75. The lowest BCUT2D eigenvalue weighted by molar-refractivity contribution is -0.141. The van der Waals surface area contributed by atoms with E-state index in [4.69, 9.17) is 19.9 Å². The van der Waals surface area contributed by atoms with E-state index in [1.807, 2.05) is 6.08 Å². The number of hydrogen-bond acceptors (Lipinski definition) is 8. The van der Waals surface area contributed by atoms with Crippen LogP contribution in [0.5, 0.6) is 0 Å². The van der Waals surface area contributed by atoms with Gasteiger partial charge in [0, 0.05) is 6.20 Å². The molecule has 3 N–H and O–H groups in total. The average Bonchev–Trinajstić information content (AvgIpc) is 2.85. The van der Waals surface area contributed by atoms with Crippen LogP contribution in [0.4, 0.5) is 19.4 Å². The van der Waals surface area contributed by atoms with Gasteiger partial charge in [0.1, 0.15) is 24.6 Å². The Morgan fingerprint density at radius 1 is 1.41 bits per heavy atom. The van der Waals surface area contributed by atoms with Gasteiger partial charge in [0.15, 0.2) is 6.10 Å². The summed E-state index contributed by atoms with van der Waals surface area (Å²) in [5.41, 5.74) is 4.29. The Morgan fingerprint density at radius 3 is 2.97 bits per heavy atom. The van der Waals surface area contributed by atoms with E-state index in [-0.39, 0.29) is 5.82 Å². The van der Waals surface area contributed by atoms with Gasteiger partial charge in [0.05, 0.1) is 0 Å². The monoisotopic (exact) mass is 415 g/mol. The zero-order valence-corrected chi connectivity index (χ0v) is 15.6. The highest BCUT2D eigenvalue weighted by atomic mass is 19.3. The van der Waals surface area contributed by atoms with Gasteiger partial charge >= 0.3 is 17.8 Å². The molecule has 0 aromatic carbocycles. The fourth-order valence-corrected chi connectivity index (χ4v) is 3.25. The van der Waals surface area contributed by atoms with Gasteiger partial charge in [-0.25, -0.2) is 9.59 Å². The molecule has 0 bridgehead atoms. The molecule has 4 atom stereocenters. The number of nitrogens with zero attached hydrogens (tertiary/aromatic N) is 2. The highest BCUT2D eigenvalue weighted by molar-refractivity contribution is 5.60. The van der Waals surface area contributed by atoms with Gasteiger partial charge in [0.2, 0.25) is 6.23 Å². The Morgan fingerprint density at radius 2 is 2.21 bits per heavy atom. The number of hydrogen-bond donors (Lipinski definition) is 2. The molecule has 9 nitrogen and oxygen atoms in total. The number of halogens is 2. The molecule has 1 saturated heterocycles. The maximum atomic E-state index is 14.4.